The minimum atomic E-state index is -0.534. The summed E-state index contributed by atoms with van der Waals surface area (Å²) in [5.41, 5.74) is 3.29. The van der Waals surface area contributed by atoms with E-state index in [1.165, 1.54) is 31.4 Å². The Kier molecular flexibility index (Phi) is 2.48. The molecule has 5 unspecified atom stereocenters. The zero-order valence-corrected chi connectivity index (χ0v) is 10.7. The van der Waals surface area contributed by atoms with E-state index in [4.69, 9.17) is 5.84 Å². The molecule has 0 saturated heterocycles. The first-order valence-corrected chi connectivity index (χ1v) is 7.12. The van der Waals surface area contributed by atoms with Crippen LogP contribution < -0.4 is 11.3 Å². The fraction of sp³-hybridized carbons (Fsp3) is 0.600. The number of halogens is 2. The summed E-state index contributed by atoms with van der Waals surface area (Å²) in [6.45, 7) is 0. The number of nitrogens with two attached hydrogens (primary N) is 1. The minimum Gasteiger partial charge on any atom is -0.271 e. The van der Waals surface area contributed by atoms with Crippen LogP contribution in [0.15, 0.2) is 18.2 Å². The van der Waals surface area contributed by atoms with Crippen molar-refractivity contribution >= 4 is 0 Å². The van der Waals surface area contributed by atoms with E-state index >= 15 is 0 Å². The lowest BCUT2D eigenvalue weighted by molar-refractivity contribution is 0.365. The Morgan fingerprint density at radius 3 is 2.42 bits per heavy atom. The van der Waals surface area contributed by atoms with Crippen molar-refractivity contribution in [2.45, 2.75) is 25.3 Å². The van der Waals surface area contributed by atoms with Gasteiger partial charge >= 0.3 is 0 Å². The van der Waals surface area contributed by atoms with Crippen molar-refractivity contribution in [2.75, 3.05) is 0 Å². The van der Waals surface area contributed by atoms with Crippen LogP contribution in [-0.4, -0.2) is 0 Å². The van der Waals surface area contributed by atoms with Gasteiger partial charge in [0.2, 0.25) is 0 Å². The molecule has 2 bridgehead atoms. The molecule has 102 valence electrons. The van der Waals surface area contributed by atoms with Crippen LogP contribution >= 0.6 is 0 Å². The first-order valence-electron chi connectivity index (χ1n) is 7.12. The summed E-state index contributed by atoms with van der Waals surface area (Å²) in [4.78, 5) is 0. The van der Waals surface area contributed by atoms with Gasteiger partial charge in [0.15, 0.2) is 0 Å². The lowest BCUT2D eigenvalue weighted by Crippen LogP contribution is -2.32. The number of hydrogen-bond acceptors (Lipinski definition) is 2. The molecule has 0 radical (unpaired) electrons. The van der Waals surface area contributed by atoms with Crippen LogP contribution in [-0.2, 0) is 0 Å². The third kappa shape index (κ3) is 1.59. The first kappa shape index (κ1) is 11.8. The lowest BCUT2D eigenvalue weighted by atomic mass is 9.93. The summed E-state index contributed by atoms with van der Waals surface area (Å²) in [5.74, 6) is 8.14. The normalized spacial score (nSPS) is 40.3. The van der Waals surface area contributed by atoms with E-state index in [-0.39, 0.29) is 6.04 Å². The molecule has 19 heavy (non-hydrogen) atoms. The van der Waals surface area contributed by atoms with Crippen LogP contribution in [0.2, 0.25) is 0 Å². The molecule has 3 fully saturated rings. The second-order valence-electron chi connectivity index (χ2n) is 6.38. The molecule has 3 aliphatic carbocycles. The highest BCUT2D eigenvalue weighted by molar-refractivity contribution is 5.27. The van der Waals surface area contributed by atoms with Gasteiger partial charge in [-0.05, 0) is 54.9 Å². The molecular formula is C15H18F2N2. The third-order valence-electron chi connectivity index (χ3n) is 5.66. The maximum atomic E-state index is 13.9. The van der Waals surface area contributed by atoms with Gasteiger partial charge in [0.05, 0.1) is 6.04 Å². The predicted molar refractivity (Wildman–Crippen MR) is 67.7 cm³/mol. The number of rotatable bonds is 3. The standard InChI is InChI=1S/C15H18F2N2/c16-9-3-4-10(11(17)6-9)15(19-18)14-12-7-1-2-8(5-7)13(12)14/h3-4,6-8,12-15,19H,1-2,5,18H2. The Morgan fingerprint density at radius 2 is 1.84 bits per heavy atom. The highest BCUT2D eigenvalue weighted by Crippen LogP contribution is 2.72. The average molecular weight is 264 g/mol. The van der Waals surface area contributed by atoms with Crippen molar-refractivity contribution in [1.82, 2.24) is 5.43 Å². The van der Waals surface area contributed by atoms with Crippen molar-refractivity contribution in [2.24, 2.45) is 35.4 Å². The SMILES string of the molecule is NNC(c1ccc(F)cc1F)C1C2C3CCC(C3)C21. The Bertz CT molecular complexity index is 503. The first-order chi connectivity index (χ1) is 9.20. The Labute approximate surface area is 111 Å². The van der Waals surface area contributed by atoms with Crippen molar-refractivity contribution in [3.63, 3.8) is 0 Å². The monoisotopic (exact) mass is 264 g/mol. The van der Waals surface area contributed by atoms with Crippen LogP contribution in [0.25, 0.3) is 0 Å². The topological polar surface area (TPSA) is 38.0 Å². The second-order valence-corrected chi connectivity index (χ2v) is 6.38. The quantitative estimate of drug-likeness (QED) is 0.651. The highest BCUT2D eigenvalue weighted by Gasteiger charge is 2.66. The molecule has 5 atom stereocenters. The molecule has 0 amide bonds. The molecule has 0 heterocycles. The fourth-order valence-electron chi connectivity index (χ4n) is 5.00. The average Bonchev–Trinajstić information content (AvgIpc) is 2.80. The molecule has 1 aromatic rings. The van der Waals surface area contributed by atoms with E-state index in [1.807, 2.05) is 0 Å². The summed E-state index contributed by atoms with van der Waals surface area (Å²) in [6.07, 6.45) is 4.01. The highest BCUT2D eigenvalue weighted by atomic mass is 19.1. The van der Waals surface area contributed by atoms with Crippen LogP contribution in [0.4, 0.5) is 8.78 Å². The van der Waals surface area contributed by atoms with Gasteiger partial charge in [-0.2, -0.15) is 0 Å². The van der Waals surface area contributed by atoms with Gasteiger partial charge in [-0.3, -0.25) is 11.3 Å². The molecule has 2 nitrogen and oxygen atoms in total. The Hall–Kier alpha value is -1.00. The molecule has 4 rings (SSSR count). The van der Waals surface area contributed by atoms with Gasteiger partial charge in [-0.1, -0.05) is 6.07 Å². The van der Waals surface area contributed by atoms with Gasteiger partial charge in [0.1, 0.15) is 11.6 Å². The predicted octanol–water partition coefficient (Wildman–Crippen LogP) is 2.76. The number of benzene rings is 1. The molecule has 0 spiro atoms. The summed E-state index contributed by atoms with van der Waals surface area (Å²) in [6, 6.07) is 3.63. The summed E-state index contributed by atoms with van der Waals surface area (Å²) in [5, 5.41) is 0. The maximum Gasteiger partial charge on any atom is 0.130 e. The largest absolute Gasteiger partial charge is 0.271 e. The molecule has 3 N–H and O–H groups in total. The zero-order valence-electron chi connectivity index (χ0n) is 10.7. The van der Waals surface area contributed by atoms with Crippen molar-refractivity contribution in [1.29, 1.82) is 0 Å². The summed E-state index contributed by atoms with van der Waals surface area (Å²) < 4.78 is 26.9. The summed E-state index contributed by atoms with van der Waals surface area (Å²) >= 11 is 0. The maximum absolute atomic E-state index is 13.9. The summed E-state index contributed by atoms with van der Waals surface area (Å²) in [7, 11) is 0. The van der Waals surface area contributed by atoms with Gasteiger partial charge in [-0.25, -0.2) is 8.78 Å². The minimum absolute atomic E-state index is 0.168. The Morgan fingerprint density at radius 1 is 1.16 bits per heavy atom. The van der Waals surface area contributed by atoms with Crippen LogP contribution in [0.5, 0.6) is 0 Å². The van der Waals surface area contributed by atoms with Gasteiger partial charge in [-0.15, -0.1) is 0 Å². The molecule has 0 aromatic heterocycles. The van der Waals surface area contributed by atoms with Gasteiger partial charge < -0.3 is 0 Å². The van der Waals surface area contributed by atoms with Crippen molar-refractivity contribution < 1.29 is 8.78 Å². The number of fused-ring (bicyclic) bond motifs is 5. The van der Waals surface area contributed by atoms with Crippen LogP contribution in [0, 0.1) is 41.2 Å². The molecule has 4 heteroatoms. The Balaban J connectivity index is 1.63. The molecule has 3 aliphatic rings. The molecule has 1 aromatic carbocycles. The van der Waals surface area contributed by atoms with Crippen LogP contribution in [0.1, 0.15) is 30.9 Å². The van der Waals surface area contributed by atoms with Crippen molar-refractivity contribution in [3.05, 3.63) is 35.4 Å². The van der Waals surface area contributed by atoms with E-state index in [9.17, 15) is 8.78 Å². The van der Waals surface area contributed by atoms with Gasteiger partial charge in [0.25, 0.3) is 0 Å². The molecular weight excluding hydrogens is 246 g/mol. The third-order valence-corrected chi connectivity index (χ3v) is 5.66. The number of hydrazine groups is 1. The van der Waals surface area contributed by atoms with Gasteiger partial charge in [0, 0.05) is 11.6 Å². The van der Waals surface area contributed by atoms with E-state index in [0.29, 0.717) is 23.3 Å². The zero-order chi connectivity index (χ0) is 13.1. The van der Waals surface area contributed by atoms with E-state index in [2.05, 4.69) is 5.43 Å². The molecule has 3 saturated carbocycles. The van der Waals surface area contributed by atoms with E-state index in [0.717, 1.165) is 17.9 Å². The fourth-order valence-corrected chi connectivity index (χ4v) is 5.00. The van der Waals surface area contributed by atoms with E-state index in [1.54, 1.807) is 0 Å². The second kappa shape index (κ2) is 4.00. The van der Waals surface area contributed by atoms with Crippen molar-refractivity contribution in [3.8, 4) is 0 Å². The van der Waals surface area contributed by atoms with E-state index < -0.39 is 11.6 Å². The van der Waals surface area contributed by atoms with Crippen LogP contribution in [0.3, 0.4) is 0 Å². The molecule has 0 aliphatic heterocycles. The number of nitrogens with one attached hydrogen (secondary N) is 1. The lowest BCUT2D eigenvalue weighted by Gasteiger charge is -2.20. The number of hydrogen-bond donors (Lipinski definition) is 2. The smallest absolute Gasteiger partial charge is 0.130 e.